The second-order valence-electron chi connectivity index (χ2n) is 2.80. The SMILES string of the molecule is CCC(N)c1ccc(N)cc1F. The fourth-order valence-corrected chi connectivity index (χ4v) is 1.06. The summed E-state index contributed by atoms with van der Waals surface area (Å²) in [6.45, 7) is 1.92. The Balaban J connectivity index is 3.01. The molecule has 4 N–H and O–H groups in total. The Bertz CT molecular complexity index is 273. The van der Waals surface area contributed by atoms with Crippen LogP contribution in [0.3, 0.4) is 0 Å². The monoisotopic (exact) mass is 168 g/mol. The average Bonchev–Trinajstić information content (AvgIpc) is 2.03. The third-order valence-corrected chi connectivity index (χ3v) is 1.86. The molecule has 0 fully saturated rings. The Labute approximate surface area is 71.4 Å². The predicted molar refractivity (Wildman–Crippen MR) is 48.0 cm³/mol. The molecule has 66 valence electrons. The summed E-state index contributed by atoms with van der Waals surface area (Å²) in [7, 11) is 0. The molecular formula is C9H13FN2. The highest BCUT2D eigenvalue weighted by atomic mass is 19.1. The number of nitrogen functional groups attached to an aromatic ring is 1. The minimum Gasteiger partial charge on any atom is -0.399 e. The van der Waals surface area contributed by atoms with Crippen molar-refractivity contribution >= 4 is 5.69 Å². The number of nitrogens with two attached hydrogens (primary N) is 2. The lowest BCUT2D eigenvalue weighted by atomic mass is 10.0. The number of hydrogen-bond acceptors (Lipinski definition) is 2. The van der Waals surface area contributed by atoms with E-state index < -0.39 is 0 Å². The second-order valence-corrected chi connectivity index (χ2v) is 2.80. The van der Waals surface area contributed by atoms with Crippen LogP contribution < -0.4 is 11.5 Å². The molecule has 0 aliphatic rings. The molecule has 0 radical (unpaired) electrons. The molecule has 1 aromatic rings. The molecule has 12 heavy (non-hydrogen) atoms. The van der Waals surface area contributed by atoms with E-state index in [1.54, 1.807) is 12.1 Å². The van der Waals surface area contributed by atoms with Gasteiger partial charge in [0.25, 0.3) is 0 Å². The maximum absolute atomic E-state index is 13.1. The smallest absolute Gasteiger partial charge is 0.130 e. The van der Waals surface area contributed by atoms with Crippen LogP contribution in [0.25, 0.3) is 0 Å². The van der Waals surface area contributed by atoms with Crippen LogP contribution in [0.15, 0.2) is 18.2 Å². The summed E-state index contributed by atoms with van der Waals surface area (Å²) in [4.78, 5) is 0. The van der Waals surface area contributed by atoms with Gasteiger partial charge in [0.1, 0.15) is 5.82 Å². The number of halogens is 1. The Morgan fingerprint density at radius 1 is 1.50 bits per heavy atom. The molecule has 0 heterocycles. The van der Waals surface area contributed by atoms with Crippen molar-refractivity contribution in [1.29, 1.82) is 0 Å². The van der Waals surface area contributed by atoms with E-state index in [2.05, 4.69) is 0 Å². The van der Waals surface area contributed by atoms with Crippen LogP contribution in [-0.2, 0) is 0 Å². The molecule has 1 aromatic carbocycles. The summed E-state index contributed by atoms with van der Waals surface area (Å²) in [6.07, 6.45) is 0.723. The van der Waals surface area contributed by atoms with E-state index in [0.717, 1.165) is 6.42 Å². The van der Waals surface area contributed by atoms with Crippen molar-refractivity contribution < 1.29 is 4.39 Å². The minimum atomic E-state index is -0.315. The van der Waals surface area contributed by atoms with E-state index in [4.69, 9.17) is 11.5 Å². The summed E-state index contributed by atoms with van der Waals surface area (Å²) >= 11 is 0. The number of hydrogen-bond donors (Lipinski definition) is 2. The first-order chi connectivity index (χ1) is 5.65. The third kappa shape index (κ3) is 1.74. The first kappa shape index (κ1) is 9.00. The first-order valence-corrected chi connectivity index (χ1v) is 3.95. The molecule has 0 aliphatic carbocycles. The summed E-state index contributed by atoms with van der Waals surface area (Å²) < 4.78 is 13.1. The highest BCUT2D eigenvalue weighted by Gasteiger charge is 2.08. The van der Waals surface area contributed by atoms with Gasteiger partial charge < -0.3 is 11.5 Å². The van der Waals surface area contributed by atoms with E-state index in [-0.39, 0.29) is 11.9 Å². The molecule has 1 atom stereocenters. The minimum absolute atomic E-state index is 0.231. The van der Waals surface area contributed by atoms with E-state index in [9.17, 15) is 4.39 Å². The van der Waals surface area contributed by atoms with Crippen LogP contribution in [0, 0.1) is 5.82 Å². The van der Waals surface area contributed by atoms with Gasteiger partial charge in [0.2, 0.25) is 0 Å². The molecule has 2 nitrogen and oxygen atoms in total. The normalized spacial score (nSPS) is 12.9. The zero-order chi connectivity index (χ0) is 9.14. The van der Waals surface area contributed by atoms with Crippen molar-refractivity contribution in [2.24, 2.45) is 5.73 Å². The summed E-state index contributed by atoms with van der Waals surface area (Å²) in [5.41, 5.74) is 12.0. The standard InChI is InChI=1S/C9H13FN2/c1-2-9(12)7-4-3-6(11)5-8(7)10/h3-5,9H,2,11-12H2,1H3. The molecule has 0 aliphatic heterocycles. The van der Waals surface area contributed by atoms with Crippen molar-refractivity contribution in [3.05, 3.63) is 29.6 Å². The van der Waals surface area contributed by atoms with Gasteiger partial charge in [0.15, 0.2) is 0 Å². The quantitative estimate of drug-likeness (QED) is 0.662. The molecule has 0 spiro atoms. The van der Waals surface area contributed by atoms with Gasteiger partial charge in [-0.15, -0.1) is 0 Å². The van der Waals surface area contributed by atoms with Crippen LogP contribution in [0.5, 0.6) is 0 Å². The van der Waals surface area contributed by atoms with Crippen LogP contribution in [0.1, 0.15) is 24.9 Å². The lowest BCUT2D eigenvalue weighted by Gasteiger charge is -2.10. The second kappa shape index (κ2) is 3.54. The molecule has 1 unspecified atom stereocenters. The Morgan fingerprint density at radius 3 is 2.67 bits per heavy atom. The van der Waals surface area contributed by atoms with E-state index >= 15 is 0 Å². The summed E-state index contributed by atoms with van der Waals surface area (Å²) in [5.74, 6) is -0.315. The van der Waals surface area contributed by atoms with Crippen LogP contribution in [0.2, 0.25) is 0 Å². The highest BCUT2D eigenvalue weighted by Crippen LogP contribution is 2.19. The molecular weight excluding hydrogens is 155 g/mol. The summed E-state index contributed by atoms with van der Waals surface area (Å²) in [6, 6.07) is 4.36. The first-order valence-electron chi connectivity index (χ1n) is 3.95. The fourth-order valence-electron chi connectivity index (χ4n) is 1.06. The number of anilines is 1. The van der Waals surface area contributed by atoms with Crippen molar-refractivity contribution in [3.8, 4) is 0 Å². The number of rotatable bonds is 2. The number of benzene rings is 1. The lowest BCUT2D eigenvalue weighted by molar-refractivity contribution is 0.576. The van der Waals surface area contributed by atoms with Gasteiger partial charge >= 0.3 is 0 Å². The van der Waals surface area contributed by atoms with Crippen LogP contribution in [-0.4, -0.2) is 0 Å². The van der Waals surface area contributed by atoms with Crippen molar-refractivity contribution in [2.45, 2.75) is 19.4 Å². The fraction of sp³-hybridized carbons (Fsp3) is 0.333. The van der Waals surface area contributed by atoms with Crippen molar-refractivity contribution in [3.63, 3.8) is 0 Å². The molecule has 0 aromatic heterocycles. The molecule has 1 rings (SSSR count). The molecule has 0 saturated heterocycles. The average molecular weight is 168 g/mol. The zero-order valence-corrected chi connectivity index (χ0v) is 7.05. The van der Waals surface area contributed by atoms with Crippen LogP contribution >= 0.6 is 0 Å². The predicted octanol–water partition coefficient (Wildman–Crippen LogP) is 1.82. The van der Waals surface area contributed by atoms with Gasteiger partial charge in [-0.2, -0.15) is 0 Å². The summed E-state index contributed by atoms with van der Waals surface area (Å²) in [5, 5.41) is 0. The molecule has 0 saturated carbocycles. The Morgan fingerprint density at radius 2 is 2.17 bits per heavy atom. The van der Waals surface area contributed by atoms with E-state index in [1.807, 2.05) is 6.92 Å². The maximum Gasteiger partial charge on any atom is 0.130 e. The maximum atomic E-state index is 13.1. The van der Waals surface area contributed by atoms with Crippen molar-refractivity contribution in [1.82, 2.24) is 0 Å². The van der Waals surface area contributed by atoms with Gasteiger partial charge in [-0.05, 0) is 18.6 Å². The Kier molecular flexibility index (Phi) is 2.65. The lowest BCUT2D eigenvalue weighted by Crippen LogP contribution is -2.10. The van der Waals surface area contributed by atoms with Crippen LogP contribution in [0.4, 0.5) is 10.1 Å². The molecule has 0 amide bonds. The topological polar surface area (TPSA) is 52.0 Å². The largest absolute Gasteiger partial charge is 0.399 e. The van der Waals surface area contributed by atoms with Crippen molar-refractivity contribution in [2.75, 3.05) is 5.73 Å². The van der Waals surface area contributed by atoms with Gasteiger partial charge in [-0.1, -0.05) is 13.0 Å². The van der Waals surface area contributed by atoms with Gasteiger partial charge in [0, 0.05) is 17.3 Å². The molecule has 3 heteroatoms. The highest BCUT2D eigenvalue weighted by molar-refractivity contribution is 5.41. The van der Waals surface area contributed by atoms with E-state index in [1.165, 1.54) is 6.07 Å². The third-order valence-electron chi connectivity index (χ3n) is 1.86. The zero-order valence-electron chi connectivity index (χ0n) is 7.05. The van der Waals surface area contributed by atoms with Gasteiger partial charge in [-0.25, -0.2) is 4.39 Å². The van der Waals surface area contributed by atoms with Gasteiger partial charge in [0.05, 0.1) is 0 Å². The van der Waals surface area contributed by atoms with E-state index in [0.29, 0.717) is 11.3 Å². The van der Waals surface area contributed by atoms with Gasteiger partial charge in [-0.3, -0.25) is 0 Å². The molecule has 0 bridgehead atoms. The Hall–Kier alpha value is -1.09.